The smallest absolute Gasteiger partial charge is 0.334 e. The van der Waals surface area contributed by atoms with E-state index in [1.807, 2.05) is 13.0 Å². The number of esters is 2. The lowest BCUT2D eigenvalue weighted by Gasteiger charge is -2.27. The Hall–Kier alpha value is -2.63. The Kier molecular flexibility index (Phi) is 6.18. The molecule has 0 unspecified atom stereocenters. The maximum absolute atomic E-state index is 12.3. The number of rotatable bonds is 3. The third-order valence-corrected chi connectivity index (χ3v) is 4.75. The number of ether oxygens (including phenoxy) is 2. The molecule has 26 heavy (non-hydrogen) atoms. The molecule has 140 valence electrons. The van der Waals surface area contributed by atoms with Crippen molar-refractivity contribution in [1.29, 1.82) is 0 Å². The Morgan fingerprint density at radius 3 is 2.73 bits per heavy atom. The maximum atomic E-state index is 12.3. The topological polar surface area (TPSA) is 89.9 Å². The lowest BCUT2D eigenvalue weighted by atomic mass is 9.85. The van der Waals surface area contributed by atoms with Crippen LogP contribution >= 0.6 is 0 Å². The first-order valence-corrected chi connectivity index (χ1v) is 8.57. The van der Waals surface area contributed by atoms with Gasteiger partial charge in [0, 0.05) is 23.1 Å². The summed E-state index contributed by atoms with van der Waals surface area (Å²) in [6.45, 7) is 9.07. The number of hydrogen-bond donors (Lipinski definition) is 1. The first-order valence-electron chi connectivity index (χ1n) is 8.57. The minimum absolute atomic E-state index is 0.170. The number of allylic oxidation sites excluding steroid dienone is 2. The summed E-state index contributed by atoms with van der Waals surface area (Å²) in [4.78, 5) is 35.8. The number of carboxylic acid groups (broad SMARTS) is 1. The minimum atomic E-state index is -1.05. The molecule has 0 aromatic carbocycles. The van der Waals surface area contributed by atoms with Gasteiger partial charge in [-0.2, -0.15) is 0 Å². The van der Waals surface area contributed by atoms with E-state index in [9.17, 15) is 19.5 Å². The van der Waals surface area contributed by atoms with Crippen molar-refractivity contribution >= 4 is 17.9 Å². The number of carbonyl (C=O) groups excluding carboxylic acids is 2. The van der Waals surface area contributed by atoms with Crippen LogP contribution in [0.1, 0.15) is 40.0 Å². The van der Waals surface area contributed by atoms with E-state index in [1.54, 1.807) is 19.9 Å². The van der Waals surface area contributed by atoms with E-state index in [4.69, 9.17) is 9.47 Å². The van der Waals surface area contributed by atoms with Crippen LogP contribution in [0.5, 0.6) is 0 Å². The molecule has 0 amide bonds. The number of fused-ring (bicyclic) bond motifs is 1. The molecule has 6 heteroatoms. The van der Waals surface area contributed by atoms with Gasteiger partial charge in [0.15, 0.2) is 0 Å². The lowest BCUT2D eigenvalue weighted by molar-refractivity contribution is -0.147. The average Bonchev–Trinajstić information content (AvgIpc) is 2.86. The van der Waals surface area contributed by atoms with E-state index in [-0.39, 0.29) is 11.1 Å². The van der Waals surface area contributed by atoms with Crippen LogP contribution in [0.4, 0.5) is 0 Å². The highest BCUT2D eigenvalue weighted by atomic mass is 16.6. The molecule has 0 aromatic rings. The molecule has 0 aromatic heterocycles. The van der Waals surface area contributed by atoms with Gasteiger partial charge >= 0.3 is 17.9 Å². The highest BCUT2D eigenvalue weighted by Gasteiger charge is 2.44. The van der Waals surface area contributed by atoms with Crippen LogP contribution in [0.2, 0.25) is 0 Å². The summed E-state index contributed by atoms with van der Waals surface area (Å²) in [6.07, 6.45) is 4.86. The van der Waals surface area contributed by atoms with Crippen LogP contribution in [0, 0.1) is 5.92 Å². The lowest BCUT2D eigenvalue weighted by Crippen LogP contribution is -2.34. The second kappa shape index (κ2) is 8.17. The molecule has 0 radical (unpaired) electrons. The van der Waals surface area contributed by atoms with Crippen molar-refractivity contribution in [3.05, 3.63) is 47.1 Å². The van der Waals surface area contributed by atoms with Crippen molar-refractivity contribution in [2.45, 2.75) is 52.2 Å². The SMILES string of the molecule is C=C1C(=O)O[C@@H]2/C=C(\C(=O)O)CC/C=C(\C)C[C@@H](OC(=O)/C(C)=C\C)[C@@H]12. The fourth-order valence-corrected chi connectivity index (χ4v) is 3.11. The molecule has 0 bridgehead atoms. The van der Waals surface area contributed by atoms with Crippen molar-refractivity contribution in [1.82, 2.24) is 0 Å². The number of carboxylic acids is 1. The Bertz CT molecular complexity index is 725. The molecule has 1 aliphatic heterocycles. The molecule has 1 N–H and O–H groups in total. The molecule has 3 atom stereocenters. The van der Waals surface area contributed by atoms with E-state index in [0.717, 1.165) is 5.57 Å². The molecule has 0 spiro atoms. The molecule has 2 rings (SSSR count). The predicted molar refractivity (Wildman–Crippen MR) is 95.1 cm³/mol. The third kappa shape index (κ3) is 4.31. The van der Waals surface area contributed by atoms with Crippen molar-refractivity contribution < 1.29 is 29.0 Å². The zero-order chi connectivity index (χ0) is 19.4. The van der Waals surface area contributed by atoms with E-state index in [0.29, 0.717) is 24.8 Å². The third-order valence-electron chi connectivity index (χ3n) is 4.75. The van der Waals surface area contributed by atoms with Crippen molar-refractivity contribution in [3.63, 3.8) is 0 Å². The summed E-state index contributed by atoms with van der Waals surface area (Å²) in [6, 6.07) is 0. The van der Waals surface area contributed by atoms with E-state index in [1.165, 1.54) is 6.08 Å². The van der Waals surface area contributed by atoms with Gasteiger partial charge < -0.3 is 14.6 Å². The summed E-state index contributed by atoms with van der Waals surface area (Å²) in [7, 11) is 0. The quantitative estimate of drug-likeness (QED) is 0.472. The van der Waals surface area contributed by atoms with Crippen LogP contribution in [0.25, 0.3) is 0 Å². The monoisotopic (exact) mass is 360 g/mol. The number of carbonyl (C=O) groups is 3. The van der Waals surface area contributed by atoms with E-state index < -0.39 is 36.0 Å². The zero-order valence-corrected chi connectivity index (χ0v) is 15.3. The Labute approximate surface area is 152 Å². The minimum Gasteiger partial charge on any atom is -0.478 e. The summed E-state index contributed by atoms with van der Waals surface area (Å²) in [5.74, 6) is -2.74. The van der Waals surface area contributed by atoms with Gasteiger partial charge in [-0.05, 0) is 39.7 Å². The average molecular weight is 360 g/mol. The largest absolute Gasteiger partial charge is 0.478 e. The molecule has 1 heterocycles. The van der Waals surface area contributed by atoms with Crippen LogP contribution in [0.3, 0.4) is 0 Å². The normalized spacial score (nSPS) is 31.0. The van der Waals surface area contributed by atoms with Gasteiger partial charge in [-0.15, -0.1) is 0 Å². The molecule has 2 aliphatic rings. The van der Waals surface area contributed by atoms with Gasteiger partial charge in [0.2, 0.25) is 0 Å². The second-order valence-corrected chi connectivity index (χ2v) is 6.63. The van der Waals surface area contributed by atoms with E-state index in [2.05, 4.69) is 6.58 Å². The fraction of sp³-hybridized carbons (Fsp3) is 0.450. The van der Waals surface area contributed by atoms with Crippen molar-refractivity contribution in [2.24, 2.45) is 5.92 Å². The van der Waals surface area contributed by atoms with E-state index >= 15 is 0 Å². The fourth-order valence-electron chi connectivity index (χ4n) is 3.11. The second-order valence-electron chi connectivity index (χ2n) is 6.63. The molecule has 0 saturated carbocycles. The standard InChI is InChI=1S/C20H24O6/c1-5-12(3)19(23)25-15-9-11(2)7-6-8-14(18(21)22)10-16-17(15)13(4)20(24)26-16/h5,7,10,15-17H,4,6,8-9H2,1-3H3,(H,21,22)/b11-7+,12-5-,14-10-/t15-,16-,17-/m1/s1. The van der Waals surface area contributed by atoms with Gasteiger partial charge in [-0.1, -0.05) is 24.3 Å². The molecule has 1 fully saturated rings. The highest BCUT2D eigenvalue weighted by molar-refractivity contribution is 5.92. The molecular weight excluding hydrogens is 336 g/mol. The molecular formula is C20H24O6. The highest BCUT2D eigenvalue weighted by Crippen LogP contribution is 2.36. The van der Waals surface area contributed by atoms with Crippen LogP contribution in [-0.4, -0.2) is 35.2 Å². The number of hydrogen-bond acceptors (Lipinski definition) is 5. The number of aliphatic carboxylic acids is 1. The first kappa shape index (κ1) is 19.7. The van der Waals surface area contributed by atoms with Crippen LogP contribution in [0.15, 0.2) is 47.1 Å². The van der Waals surface area contributed by atoms with Crippen molar-refractivity contribution in [2.75, 3.05) is 0 Å². The summed E-state index contributed by atoms with van der Waals surface area (Å²) in [5, 5.41) is 9.41. The zero-order valence-electron chi connectivity index (χ0n) is 15.3. The Balaban J connectivity index is 2.45. The van der Waals surface area contributed by atoms with Gasteiger partial charge in [0.25, 0.3) is 0 Å². The van der Waals surface area contributed by atoms with Crippen LogP contribution < -0.4 is 0 Å². The van der Waals surface area contributed by atoms with Gasteiger partial charge in [-0.25, -0.2) is 14.4 Å². The molecule has 1 saturated heterocycles. The summed E-state index contributed by atoms with van der Waals surface area (Å²) >= 11 is 0. The molecule has 1 aliphatic carbocycles. The van der Waals surface area contributed by atoms with Gasteiger partial charge in [0.05, 0.1) is 5.92 Å². The van der Waals surface area contributed by atoms with Crippen molar-refractivity contribution in [3.8, 4) is 0 Å². The maximum Gasteiger partial charge on any atom is 0.334 e. The summed E-state index contributed by atoms with van der Waals surface area (Å²) < 4.78 is 11.0. The first-order chi connectivity index (χ1) is 12.2. The van der Waals surface area contributed by atoms with Gasteiger partial charge in [-0.3, -0.25) is 0 Å². The Morgan fingerprint density at radius 1 is 1.42 bits per heavy atom. The predicted octanol–water partition coefficient (Wildman–Crippen LogP) is 3.10. The summed E-state index contributed by atoms with van der Waals surface area (Å²) in [5.41, 5.74) is 1.78. The molecule has 6 nitrogen and oxygen atoms in total. The van der Waals surface area contributed by atoms with Gasteiger partial charge in [0.1, 0.15) is 12.2 Å². The Morgan fingerprint density at radius 2 is 2.12 bits per heavy atom. The van der Waals surface area contributed by atoms with Crippen LogP contribution in [-0.2, 0) is 23.9 Å².